The van der Waals surface area contributed by atoms with Crippen molar-refractivity contribution in [2.75, 3.05) is 13.1 Å². The van der Waals surface area contributed by atoms with E-state index in [1.807, 2.05) is 6.21 Å². The zero-order valence-corrected chi connectivity index (χ0v) is 15.2. The van der Waals surface area contributed by atoms with Gasteiger partial charge in [0.05, 0.1) is 12.5 Å². The van der Waals surface area contributed by atoms with Crippen molar-refractivity contribution < 1.29 is 13.2 Å². The van der Waals surface area contributed by atoms with E-state index in [9.17, 15) is 13.2 Å². The summed E-state index contributed by atoms with van der Waals surface area (Å²) in [6.45, 7) is 12.2. The minimum absolute atomic E-state index is 0.0809. The third-order valence-electron chi connectivity index (χ3n) is 4.56. The molecule has 1 aliphatic rings. The fourth-order valence-electron chi connectivity index (χ4n) is 2.96. The molecule has 0 amide bonds. The summed E-state index contributed by atoms with van der Waals surface area (Å²) >= 11 is 0. The van der Waals surface area contributed by atoms with Crippen LogP contribution in [0.15, 0.2) is 4.99 Å². The quantitative estimate of drug-likeness (QED) is 0.673. The first kappa shape index (κ1) is 20.5. The van der Waals surface area contributed by atoms with Gasteiger partial charge >= 0.3 is 6.18 Å². The summed E-state index contributed by atoms with van der Waals surface area (Å²) in [7, 11) is 0. The van der Waals surface area contributed by atoms with Gasteiger partial charge in [0.15, 0.2) is 0 Å². The van der Waals surface area contributed by atoms with Crippen LogP contribution in [-0.2, 0) is 0 Å². The highest BCUT2D eigenvalue weighted by atomic mass is 19.4. The second-order valence-electron chi connectivity index (χ2n) is 8.38. The number of nitrogens with one attached hydrogen (secondary N) is 1. The Morgan fingerprint density at radius 1 is 1.09 bits per heavy atom. The average molecular weight is 334 g/mol. The molecule has 0 radical (unpaired) electrons. The van der Waals surface area contributed by atoms with Crippen molar-refractivity contribution in [2.45, 2.75) is 72.5 Å². The van der Waals surface area contributed by atoms with Gasteiger partial charge in [-0.1, -0.05) is 34.6 Å². The van der Waals surface area contributed by atoms with Crippen LogP contribution in [0.5, 0.6) is 0 Å². The smallest absolute Gasteiger partial charge is 0.312 e. The third-order valence-corrected chi connectivity index (χ3v) is 4.56. The van der Waals surface area contributed by atoms with Crippen molar-refractivity contribution in [3.63, 3.8) is 0 Å². The van der Waals surface area contributed by atoms with Gasteiger partial charge in [-0.3, -0.25) is 4.99 Å². The number of hydrogen-bond donors (Lipinski definition) is 1. The fraction of sp³-hybridized carbons (Fsp3) is 0.944. The highest BCUT2D eigenvalue weighted by molar-refractivity contribution is 5.63. The van der Waals surface area contributed by atoms with E-state index in [4.69, 9.17) is 0 Å². The standard InChI is InChI=1S/C18H33F3N2/c1-13(2)16(11-22-12-17(3,4)5)23-10-14-6-8-15(9-7-14)18(19,20)21/h12-16,23H,6-11H2,1-5H3/t14?,15?,16-/m1/s1. The maximum Gasteiger partial charge on any atom is 0.391 e. The molecule has 0 aromatic carbocycles. The van der Waals surface area contributed by atoms with Crippen LogP contribution >= 0.6 is 0 Å². The molecule has 0 spiro atoms. The van der Waals surface area contributed by atoms with Gasteiger partial charge in [-0.25, -0.2) is 0 Å². The molecule has 23 heavy (non-hydrogen) atoms. The summed E-state index contributed by atoms with van der Waals surface area (Å²) in [5, 5.41) is 3.53. The normalized spacial score (nSPS) is 25.3. The summed E-state index contributed by atoms with van der Waals surface area (Å²) in [4.78, 5) is 4.54. The van der Waals surface area contributed by atoms with Crippen LogP contribution in [-0.4, -0.2) is 31.5 Å². The van der Waals surface area contributed by atoms with Crippen LogP contribution < -0.4 is 5.32 Å². The van der Waals surface area contributed by atoms with Gasteiger partial charge in [0.2, 0.25) is 0 Å². The molecule has 0 heterocycles. The zero-order chi connectivity index (χ0) is 17.7. The number of nitrogens with zero attached hydrogens (tertiary/aromatic N) is 1. The Bertz CT molecular complexity index is 361. The van der Waals surface area contributed by atoms with Crippen molar-refractivity contribution >= 4 is 6.21 Å². The molecule has 136 valence electrons. The highest BCUT2D eigenvalue weighted by Crippen LogP contribution is 2.39. The topological polar surface area (TPSA) is 24.4 Å². The molecule has 0 aliphatic heterocycles. The summed E-state index contributed by atoms with van der Waals surface area (Å²) in [5.74, 6) is -0.267. The Morgan fingerprint density at radius 2 is 1.65 bits per heavy atom. The maximum atomic E-state index is 12.7. The molecule has 0 aromatic rings. The molecular formula is C18H33F3N2. The summed E-state index contributed by atoms with van der Waals surface area (Å²) < 4.78 is 38.1. The van der Waals surface area contributed by atoms with Crippen LogP contribution in [0.25, 0.3) is 0 Å². The van der Waals surface area contributed by atoms with Gasteiger partial charge in [-0.2, -0.15) is 13.2 Å². The van der Waals surface area contributed by atoms with Crippen molar-refractivity contribution in [1.29, 1.82) is 0 Å². The zero-order valence-electron chi connectivity index (χ0n) is 15.2. The van der Waals surface area contributed by atoms with Crippen LogP contribution in [0.1, 0.15) is 60.3 Å². The lowest BCUT2D eigenvalue weighted by Crippen LogP contribution is -2.41. The van der Waals surface area contributed by atoms with Gasteiger partial charge in [0.25, 0.3) is 0 Å². The predicted molar refractivity (Wildman–Crippen MR) is 90.9 cm³/mol. The van der Waals surface area contributed by atoms with E-state index in [2.05, 4.69) is 44.9 Å². The number of alkyl halides is 3. The number of aliphatic imine (C=N–C) groups is 1. The Morgan fingerprint density at radius 3 is 2.09 bits per heavy atom. The summed E-state index contributed by atoms with van der Waals surface area (Å²) in [6.07, 6.45) is -0.117. The molecule has 1 aliphatic carbocycles. The van der Waals surface area contributed by atoms with Crippen molar-refractivity contribution in [3.8, 4) is 0 Å². The lowest BCUT2D eigenvalue weighted by Gasteiger charge is -2.31. The molecule has 1 N–H and O–H groups in total. The summed E-state index contributed by atoms with van der Waals surface area (Å²) in [6, 6.07) is 0.286. The van der Waals surface area contributed by atoms with Crippen molar-refractivity contribution in [1.82, 2.24) is 5.32 Å². The average Bonchev–Trinajstić information content (AvgIpc) is 2.40. The molecule has 0 saturated heterocycles. The molecule has 1 fully saturated rings. The Hall–Kier alpha value is -0.580. The number of rotatable bonds is 6. The monoisotopic (exact) mass is 334 g/mol. The van der Waals surface area contributed by atoms with Crippen LogP contribution in [0.3, 0.4) is 0 Å². The number of halogens is 3. The first-order valence-electron chi connectivity index (χ1n) is 8.80. The molecule has 5 heteroatoms. The van der Waals surface area contributed by atoms with Crippen molar-refractivity contribution in [3.05, 3.63) is 0 Å². The fourth-order valence-corrected chi connectivity index (χ4v) is 2.96. The van der Waals surface area contributed by atoms with Crippen LogP contribution in [0.2, 0.25) is 0 Å². The Balaban J connectivity index is 2.38. The molecule has 0 unspecified atom stereocenters. The van der Waals surface area contributed by atoms with Crippen LogP contribution in [0.4, 0.5) is 13.2 Å². The molecule has 0 bridgehead atoms. The van der Waals surface area contributed by atoms with Crippen LogP contribution in [0, 0.1) is 23.2 Å². The second kappa shape index (κ2) is 8.50. The lowest BCUT2D eigenvalue weighted by molar-refractivity contribution is -0.183. The first-order valence-corrected chi connectivity index (χ1v) is 8.80. The van der Waals surface area contributed by atoms with E-state index in [-0.39, 0.29) is 24.3 Å². The van der Waals surface area contributed by atoms with E-state index in [1.54, 1.807) is 0 Å². The molecule has 1 rings (SSSR count). The third kappa shape index (κ3) is 8.18. The van der Waals surface area contributed by atoms with Gasteiger partial charge in [-0.05, 0) is 49.5 Å². The minimum atomic E-state index is -4.01. The molecule has 0 aromatic heterocycles. The predicted octanol–water partition coefficient (Wildman–Crippen LogP) is 5.09. The minimum Gasteiger partial charge on any atom is -0.312 e. The van der Waals surface area contributed by atoms with E-state index < -0.39 is 12.1 Å². The van der Waals surface area contributed by atoms with Gasteiger partial charge < -0.3 is 5.32 Å². The van der Waals surface area contributed by atoms with Gasteiger partial charge in [-0.15, -0.1) is 0 Å². The first-order chi connectivity index (χ1) is 10.5. The van der Waals surface area contributed by atoms with Crippen molar-refractivity contribution in [2.24, 2.45) is 28.2 Å². The van der Waals surface area contributed by atoms with E-state index in [0.29, 0.717) is 24.7 Å². The Kier molecular flexibility index (Phi) is 7.56. The second-order valence-corrected chi connectivity index (χ2v) is 8.38. The van der Waals surface area contributed by atoms with E-state index in [0.717, 1.165) is 13.1 Å². The van der Waals surface area contributed by atoms with Gasteiger partial charge in [0.1, 0.15) is 0 Å². The molecule has 1 atom stereocenters. The summed E-state index contributed by atoms with van der Waals surface area (Å²) in [5.41, 5.74) is 0.0809. The largest absolute Gasteiger partial charge is 0.391 e. The lowest BCUT2D eigenvalue weighted by atomic mass is 9.81. The molecular weight excluding hydrogens is 301 g/mol. The Labute approximate surface area is 139 Å². The van der Waals surface area contributed by atoms with E-state index in [1.165, 1.54) is 0 Å². The molecule has 2 nitrogen and oxygen atoms in total. The van der Waals surface area contributed by atoms with Gasteiger partial charge in [0, 0.05) is 12.3 Å². The molecule has 1 saturated carbocycles. The SMILES string of the molecule is CC(C)[C@@H](CN=CC(C)(C)C)NCC1CCC(C(F)(F)F)CC1. The maximum absolute atomic E-state index is 12.7. The number of hydrogen-bond acceptors (Lipinski definition) is 2. The van der Waals surface area contributed by atoms with E-state index >= 15 is 0 Å². The highest BCUT2D eigenvalue weighted by Gasteiger charge is 2.41.